The van der Waals surface area contributed by atoms with E-state index in [9.17, 15) is 10.2 Å². The van der Waals surface area contributed by atoms with Crippen LogP contribution in [-0.2, 0) is 0 Å². The first-order chi connectivity index (χ1) is 17.7. The third kappa shape index (κ3) is 5.41. The fraction of sp³-hybridized carbons (Fsp3) is 0.941. The summed E-state index contributed by atoms with van der Waals surface area (Å²) >= 11 is -2.78. The Morgan fingerprint density at radius 2 is 1.46 bits per heavy atom. The first kappa shape index (κ1) is 30.4. The first-order valence-electron chi connectivity index (χ1n) is 16.8. The molecule has 37 heavy (non-hydrogen) atoms. The summed E-state index contributed by atoms with van der Waals surface area (Å²) in [6, 6.07) is 0. The fourth-order valence-corrected chi connectivity index (χ4v) is 28.1. The van der Waals surface area contributed by atoms with E-state index in [1.165, 1.54) is 93.9 Å². The van der Waals surface area contributed by atoms with E-state index in [4.69, 9.17) is 6.58 Å². The van der Waals surface area contributed by atoms with Crippen LogP contribution in [0.4, 0.5) is 0 Å². The maximum atomic E-state index is 13.0. The van der Waals surface area contributed by atoms with E-state index in [0.717, 1.165) is 48.9 Å². The van der Waals surface area contributed by atoms with Gasteiger partial charge in [-0.05, 0) is 0 Å². The van der Waals surface area contributed by atoms with Crippen molar-refractivity contribution in [3.05, 3.63) is 10.2 Å². The Bertz CT molecular complexity index is 743. The quantitative estimate of drug-likeness (QED) is 0.213. The van der Waals surface area contributed by atoms with Crippen molar-refractivity contribution in [1.29, 1.82) is 0 Å². The molecule has 2 nitrogen and oxygen atoms in total. The van der Waals surface area contributed by atoms with Crippen molar-refractivity contribution in [1.82, 2.24) is 0 Å². The average Bonchev–Trinajstić information content (AvgIpc) is 3.18. The van der Waals surface area contributed by atoms with E-state index in [1.807, 2.05) is 0 Å². The summed E-state index contributed by atoms with van der Waals surface area (Å²) in [5.74, 6) is 4.60. The number of aliphatic hydroxyl groups excluding tert-OH is 1. The molecule has 2 N–H and O–H groups in total. The molecule has 0 aliphatic heterocycles. The van der Waals surface area contributed by atoms with Gasteiger partial charge < -0.3 is 0 Å². The van der Waals surface area contributed by atoms with Crippen molar-refractivity contribution in [2.45, 2.75) is 156 Å². The van der Waals surface area contributed by atoms with Crippen molar-refractivity contribution in [3.63, 3.8) is 0 Å². The number of rotatable bonds is 12. The Balaban J connectivity index is 1.67. The minimum absolute atomic E-state index is 0.0136. The molecule has 4 aliphatic carbocycles. The molecule has 4 fully saturated rings. The molecule has 0 bridgehead atoms. The van der Waals surface area contributed by atoms with Gasteiger partial charge in [0.1, 0.15) is 0 Å². The van der Waals surface area contributed by atoms with Gasteiger partial charge in [0, 0.05) is 0 Å². The van der Waals surface area contributed by atoms with E-state index in [-0.39, 0.29) is 11.5 Å². The molecule has 2 unspecified atom stereocenters. The number of fused-ring (bicyclic) bond motifs is 5. The molecule has 0 saturated heterocycles. The van der Waals surface area contributed by atoms with Gasteiger partial charge in [0.05, 0.1) is 0 Å². The van der Waals surface area contributed by atoms with Crippen LogP contribution >= 0.6 is 0 Å². The van der Waals surface area contributed by atoms with Crippen molar-refractivity contribution < 1.29 is 10.2 Å². The van der Waals surface area contributed by atoms with E-state index in [2.05, 4.69) is 34.6 Å². The monoisotopic (exact) mass is 622 g/mol. The van der Waals surface area contributed by atoms with Crippen molar-refractivity contribution in [2.24, 2.45) is 40.9 Å². The average molecular weight is 622 g/mol. The van der Waals surface area contributed by atoms with Gasteiger partial charge in [-0.2, -0.15) is 0 Å². The van der Waals surface area contributed by atoms with Crippen LogP contribution in [0.2, 0.25) is 13.3 Å². The molecule has 0 aromatic rings. The molecule has 0 aromatic carbocycles. The van der Waals surface area contributed by atoms with Gasteiger partial charge in [-0.15, -0.1) is 0 Å². The predicted octanol–water partition coefficient (Wildman–Crippen LogP) is 9.31. The van der Waals surface area contributed by atoms with Gasteiger partial charge in [-0.3, -0.25) is 0 Å². The third-order valence-corrected chi connectivity index (χ3v) is 28.9. The van der Waals surface area contributed by atoms with Crippen LogP contribution in [0.3, 0.4) is 0 Å². The van der Waals surface area contributed by atoms with E-state index >= 15 is 0 Å². The summed E-state index contributed by atoms with van der Waals surface area (Å²) in [4.78, 5) is 0. The van der Waals surface area contributed by atoms with Crippen LogP contribution in [0.15, 0.2) is 10.2 Å². The van der Waals surface area contributed by atoms with Gasteiger partial charge in [0.25, 0.3) is 0 Å². The first-order valence-corrected chi connectivity index (χ1v) is 24.3. The van der Waals surface area contributed by atoms with Crippen LogP contribution < -0.4 is 0 Å². The van der Waals surface area contributed by atoms with Crippen LogP contribution in [0.25, 0.3) is 0 Å². The maximum absolute atomic E-state index is 13.0. The molecule has 0 radical (unpaired) electrons. The second kappa shape index (κ2) is 12.5. The summed E-state index contributed by atoms with van der Waals surface area (Å²) < 4.78 is 5.72. The van der Waals surface area contributed by atoms with Gasteiger partial charge >= 0.3 is 236 Å². The van der Waals surface area contributed by atoms with Crippen LogP contribution in [0, 0.1) is 40.9 Å². The Kier molecular flexibility index (Phi) is 10.3. The van der Waals surface area contributed by atoms with Gasteiger partial charge in [-0.1, -0.05) is 0 Å². The molecule has 214 valence electrons. The third-order valence-electron chi connectivity index (χ3n) is 12.9. The number of hydrogen-bond acceptors (Lipinski definition) is 2. The second-order valence-electron chi connectivity index (χ2n) is 14.6. The van der Waals surface area contributed by atoms with Crippen molar-refractivity contribution in [3.8, 4) is 0 Å². The van der Waals surface area contributed by atoms with Crippen LogP contribution in [0.5, 0.6) is 0 Å². The Labute approximate surface area is 234 Å². The van der Waals surface area contributed by atoms with Crippen LogP contribution in [0.1, 0.15) is 131 Å². The Morgan fingerprint density at radius 3 is 2.03 bits per heavy atom. The zero-order valence-corrected chi connectivity index (χ0v) is 28.2. The molecule has 0 amide bonds. The number of aliphatic hydroxyl groups is 2. The topological polar surface area (TPSA) is 40.5 Å². The van der Waals surface area contributed by atoms with E-state index < -0.39 is 24.0 Å². The second-order valence-corrected chi connectivity index (χ2v) is 27.9. The van der Waals surface area contributed by atoms with Gasteiger partial charge in [-0.25, -0.2) is 0 Å². The van der Waals surface area contributed by atoms with Crippen molar-refractivity contribution >= 4 is 18.4 Å². The molecule has 0 aromatic heterocycles. The predicted molar refractivity (Wildman–Crippen MR) is 161 cm³/mol. The van der Waals surface area contributed by atoms with E-state index in [0.29, 0.717) is 5.92 Å². The molecule has 4 aliphatic rings. The fourth-order valence-electron chi connectivity index (χ4n) is 10.9. The van der Waals surface area contributed by atoms with Crippen molar-refractivity contribution in [2.75, 3.05) is 0 Å². The summed E-state index contributed by atoms with van der Waals surface area (Å²) in [5.41, 5.74) is -0.610. The van der Waals surface area contributed by atoms with Gasteiger partial charge in [0.15, 0.2) is 0 Å². The SMILES string of the molecule is C=[C]([C@]1(O)CC[C@H]2[C@@H]3CCC4CC(O)CC[C@@H]4[C@H]3[C@@H](CC)C[C@@]21C)[Sn]([CH2]CCC)([CH2]CCC)[CH2]CCC. The molecular weight excluding hydrogens is 559 g/mol. The van der Waals surface area contributed by atoms with E-state index in [1.54, 1.807) is 0 Å². The molecule has 4 rings (SSSR count). The molecule has 4 saturated carbocycles. The zero-order chi connectivity index (χ0) is 26.8. The summed E-state index contributed by atoms with van der Waals surface area (Å²) in [6.45, 7) is 17.1. The molecule has 0 spiro atoms. The zero-order valence-electron chi connectivity index (χ0n) is 25.4. The van der Waals surface area contributed by atoms with Gasteiger partial charge in [0.2, 0.25) is 0 Å². The normalized spacial score (nSPS) is 41.6. The standard InChI is InChI=1S/C22H35O2.3C4H9.Sn/c1-4-14-13-21(3)19(10-11-22(21,24)5-2)18-8-6-15-12-16(23)7-9-17(15)20(14)18;3*1-3-4-2;/h14-20,23-24H,2,4,6-13H2,1,3H3;3*1,3-4H2,2H3;/t14-,15?,16?,17-,18-,19-,20+,21-,22-;;;;/m0..../s1. The Hall–Kier alpha value is 0.459. The molecular formula is C34H62O2Sn. The summed E-state index contributed by atoms with van der Waals surface area (Å²) in [5, 5.41) is 23.5. The Morgan fingerprint density at radius 1 is 0.865 bits per heavy atom. The summed E-state index contributed by atoms with van der Waals surface area (Å²) in [6.07, 6.45) is 18.5. The summed E-state index contributed by atoms with van der Waals surface area (Å²) in [7, 11) is 0. The molecule has 3 heteroatoms. The van der Waals surface area contributed by atoms with Crippen LogP contribution in [-0.4, -0.2) is 40.3 Å². The molecule has 0 heterocycles. The number of hydrogen-bond donors (Lipinski definition) is 2. The number of unbranched alkanes of at least 4 members (excludes halogenated alkanes) is 3. The minimum atomic E-state index is -2.78. The molecule has 9 atom stereocenters.